The number of aryl methyl sites for hydroxylation is 2. The van der Waals surface area contributed by atoms with Crippen LogP contribution < -0.4 is 5.32 Å². The summed E-state index contributed by atoms with van der Waals surface area (Å²) >= 11 is 0. The number of furan rings is 1. The van der Waals surface area contributed by atoms with Crippen LogP contribution in [0.4, 0.5) is 14.9 Å². The molecule has 3 aromatic rings. The first-order valence-corrected chi connectivity index (χ1v) is 8.42. The molecule has 2 aromatic carbocycles. The van der Waals surface area contributed by atoms with Gasteiger partial charge in [-0.25, -0.2) is 9.18 Å². The lowest BCUT2D eigenvalue weighted by Crippen LogP contribution is -2.34. The minimum Gasteiger partial charge on any atom is -0.464 e. The molecule has 2 amide bonds. The molecule has 1 N–H and O–H groups in total. The minimum atomic E-state index is -0.300. The second-order valence-electron chi connectivity index (χ2n) is 6.29. The Morgan fingerprint density at radius 1 is 0.962 bits per heavy atom. The summed E-state index contributed by atoms with van der Waals surface area (Å²) in [6.45, 7) is 4.52. The zero-order valence-electron chi connectivity index (χ0n) is 14.8. The number of halogens is 1. The van der Waals surface area contributed by atoms with Gasteiger partial charge < -0.3 is 14.6 Å². The van der Waals surface area contributed by atoms with Gasteiger partial charge >= 0.3 is 6.03 Å². The molecule has 0 radical (unpaired) electrons. The Balaban J connectivity index is 1.77. The molecular formula is C21H21FN2O2. The summed E-state index contributed by atoms with van der Waals surface area (Å²) in [7, 11) is 0. The highest BCUT2D eigenvalue weighted by molar-refractivity contribution is 5.89. The largest absolute Gasteiger partial charge is 0.464 e. The van der Waals surface area contributed by atoms with Crippen molar-refractivity contribution in [3.63, 3.8) is 0 Å². The quantitative estimate of drug-likeness (QED) is 0.680. The summed E-state index contributed by atoms with van der Waals surface area (Å²) in [4.78, 5) is 14.4. The highest BCUT2D eigenvalue weighted by Crippen LogP contribution is 2.16. The van der Waals surface area contributed by atoms with Gasteiger partial charge in [-0.1, -0.05) is 29.8 Å². The lowest BCUT2D eigenvalue weighted by atomic mass is 10.2. The summed E-state index contributed by atoms with van der Waals surface area (Å²) in [5.74, 6) is 1.19. The standard InChI is InChI=1S/C21H21FN2O2/c1-15-3-10-19(11-4-15)23-21(25)24(14-20-12-5-16(2)26-20)13-17-6-8-18(22)9-7-17/h3-12H,13-14H2,1-2H3,(H,23,25). The van der Waals surface area contributed by atoms with Crippen molar-refractivity contribution >= 4 is 11.7 Å². The average molecular weight is 352 g/mol. The molecule has 0 spiro atoms. The van der Waals surface area contributed by atoms with Crippen LogP contribution in [0, 0.1) is 19.7 Å². The Labute approximate surface area is 152 Å². The summed E-state index contributed by atoms with van der Waals surface area (Å²) in [6, 6.07) is 17.2. The van der Waals surface area contributed by atoms with Crippen molar-refractivity contribution < 1.29 is 13.6 Å². The SMILES string of the molecule is Cc1ccc(NC(=O)N(Cc2ccc(F)cc2)Cc2ccc(C)o2)cc1. The number of carbonyl (C=O) groups is 1. The van der Waals surface area contributed by atoms with Crippen molar-refractivity contribution in [2.75, 3.05) is 5.32 Å². The van der Waals surface area contributed by atoms with Crippen LogP contribution in [0.3, 0.4) is 0 Å². The molecule has 3 rings (SSSR count). The minimum absolute atomic E-state index is 0.243. The molecule has 0 saturated carbocycles. The maximum atomic E-state index is 13.1. The van der Waals surface area contributed by atoms with E-state index in [2.05, 4.69) is 5.32 Å². The molecule has 0 aliphatic heterocycles. The van der Waals surface area contributed by atoms with E-state index in [0.717, 1.165) is 22.6 Å². The zero-order chi connectivity index (χ0) is 18.5. The number of benzene rings is 2. The third-order valence-corrected chi connectivity index (χ3v) is 4.02. The van der Waals surface area contributed by atoms with Crippen LogP contribution in [0.1, 0.15) is 22.6 Å². The van der Waals surface area contributed by atoms with Gasteiger partial charge in [0.1, 0.15) is 17.3 Å². The van der Waals surface area contributed by atoms with E-state index in [9.17, 15) is 9.18 Å². The molecule has 0 unspecified atom stereocenters. The third-order valence-electron chi connectivity index (χ3n) is 4.02. The van der Waals surface area contributed by atoms with Crippen LogP contribution in [-0.4, -0.2) is 10.9 Å². The van der Waals surface area contributed by atoms with Crippen LogP contribution >= 0.6 is 0 Å². The Hall–Kier alpha value is -3.08. The number of rotatable bonds is 5. The smallest absolute Gasteiger partial charge is 0.322 e. The molecule has 0 atom stereocenters. The number of anilines is 1. The van der Waals surface area contributed by atoms with E-state index < -0.39 is 0 Å². The molecule has 134 valence electrons. The molecule has 5 heteroatoms. The second kappa shape index (κ2) is 7.87. The predicted molar refractivity (Wildman–Crippen MR) is 99.3 cm³/mol. The number of carbonyl (C=O) groups excluding carboxylic acids is 1. The van der Waals surface area contributed by atoms with Crippen molar-refractivity contribution in [2.24, 2.45) is 0 Å². The van der Waals surface area contributed by atoms with E-state index in [1.807, 2.05) is 50.2 Å². The van der Waals surface area contributed by atoms with Gasteiger partial charge in [0.2, 0.25) is 0 Å². The molecule has 0 aliphatic carbocycles. The fraction of sp³-hybridized carbons (Fsp3) is 0.190. The van der Waals surface area contributed by atoms with Crippen molar-refractivity contribution in [1.82, 2.24) is 4.90 Å². The molecule has 1 heterocycles. The number of urea groups is 1. The average Bonchev–Trinajstić information content (AvgIpc) is 3.03. The van der Waals surface area contributed by atoms with Crippen LogP contribution in [0.15, 0.2) is 65.1 Å². The summed E-state index contributed by atoms with van der Waals surface area (Å²) < 4.78 is 18.7. The monoisotopic (exact) mass is 352 g/mol. The second-order valence-corrected chi connectivity index (χ2v) is 6.29. The number of amides is 2. The molecule has 1 aromatic heterocycles. The lowest BCUT2D eigenvalue weighted by Gasteiger charge is -2.22. The van der Waals surface area contributed by atoms with Gasteiger partial charge in [0.15, 0.2) is 0 Å². The normalized spacial score (nSPS) is 10.6. The number of nitrogens with zero attached hydrogens (tertiary/aromatic N) is 1. The van der Waals surface area contributed by atoms with Crippen molar-refractivity contribution in [3.8, 4) is 0 Å². The van der Waals surface area contributed by atoms with E-state index in [1.54, 1.807) is 17.0 Å². The van der Waals surface area contributed by atoms with Gasteiger partial charge in [0, 0.05) is 12.2 Å². The molecule has 0 bridgehead atoms. The third kappa shape index (κ3) is 4.72. The highest BCUT2D eigenvalue weighted by Gasteiger charge is 2.16. The van der Waals surface area contributed by atoms with E-state index >= 15 is 0 Å². The lowest BCUT2D eigenvalue weighted by molar-refractivity contribution is 0.201. The summed E-state index contributed by atoms with van der Waals surface area (Å²) in [5, 5.41) is 2.90. The molecule has 0 fully saturated rings. The van der Waals surface area contributed by atoms with Crippen LogP contribution in [-0.2, 0) is 13.1 Å². The molecule has 26 heavy (non-hydrogen) atoms. The summed E-state index contributed by atoms with van der Waals surface area (Å²) in [6.07, 6.45) is 0. The van der Waals surface area contributed by atoms with E-state index in [-0.39, 0.29) is 11.8 Å². The molecule has 0 aliphatic rings. The van der Waals surface area contributed by atoms with Gasteiger partial charge in [0.05, 0.1) is 6.54 Å². The maximum Gasteiger partial charge on any atom is 0.322 e. The summed E-state index contributed by atoms with van der Waals surface area (Å²) in [5.41, 5.74) is 2.69. The van der Waals surface area contributed by atoms with Crippen LogP contribution in [0.25, 0.3) is 0 Å². The van der Waals surface area contributed by atoms with Gasteiger partial charge in [-0.2, -0.15) is 0 Å². The molecular weight excluding hydrogens is 331 g/mol. The maximum absolute atomic E-state index is 13.1. The van der Waals surface area contributed by atoms with Crippen molar-refractivity contribution in [3.05, 3.63) is 89.1 Å². The van der Waals surface area contributed by atoms with Crippen molar-refractivity contribution in [1.29, 1.82) is 0 Å². The first-order valence-electron chi connectivity index (χ1n) is 8.42. The topological polar surface area (TPSA) is 45.5 Å². The Morgan fingerprint density at radius 3 is 2.27 bits per heavy atom. The van der Waals surface area contributed by atoms with Crippen LogP contribution in [0.5, 0.6) is 0 Å². The van der Waals surface area contributed by atoms with E-state index in [1.165, 1.54) is 12.1 Å². The van der Waals surface area contributed by atoms with E-state index in [0.29, 0.717) is 18.8 Å². The zero-order valence-corrected chi connectivity index (χ0v) is 14.8. The Bertz CT molecular complexity index is 870. The Kier molecular flexibility index (Phi) is 5.37. The van der Waals surface area contributed by atoms with Crippen molar-refractivity contribution in [2.45, 2.75) is 26.9 Å². The van der Waals surface area contributed by atoms with Gasteiger partial charge in [-0.3, -0.25) is 0 Å². The Morgan fingerprint density at radius 2 is 1.65 bits per heavy atom. The molecule has 4 nitrogen and oxygen atoms in total. The van der Waals surface area contributed by atoms with Gasteiger partial charge in [0.25, 0.3) is 0 Å². The highest BCUT2D eigenvalue weighted by atomic mass is 19.1. The molecule has 0 saturated heterocycles. The first-order chi connectivity index (χ1) is 12.5. The predicted octanol–water partition coefficient (Wildman–Crippen LogP) is 5.27. The van der Waals surface area contributed by atoms with Gasteiger partial charge in [-0.05, 0) is 55.8 Å². The number of hydrogen-bond acceptors (Lipinski definition) is 2. The first kappa shape index (κ1) is 17.7. The van der Waals surface area contributed by atoms with E-state index in [4.69, 9.17) is 4.42 Å². The van der Waals surface area contributed by atoms with Gasteiger partial charge in [-0.15, -0.1) is 0 Å². The number of nitrogens with one attached hydrogen (secondary N) is 1. The fourth-order valence-corrected chi connectivity index (χ4v) is 2.61. The fourth-order valence-electron chi connectivity index (χ4n) is 2.61. The van der Waals surface area contributed by atoms with Crippen LogP contribution in [0.2, 0.25) is 0 Å². The number of hydrogen-bond donors (Lipinski definition) is 1.